The van der Waals surface area contributed by atoms with Crippen LogP contribution in [0, 0.1) is 13.8 Å². The third kappa shape index (κ3) is 5.78. The Morgan fingerprint density at radius 3 is 2.00 bits per heavy atom. The number of hydrogen-bond donors (Lipinski definition) is 0. The maximum atomic E-state index is 5.46. The Kier molecular flexibility index (Phi) is 10.0. The van der Waals surface area contributed by atoms with Gasteiger partial charge in [-0.3, -0.25) is 4.90 Å². The van der Waals surface area contributed by atoms with E-state index in [1.807, 2.05) is 27.7 Å². The van der Waals surface area contributed by atoms with Gasteiger partial charge < -0.3 is 9.64 Å². The van der Waals surface area contributed by atoms with Gasteiger partial charge >= 0.3 is 0 Å². The van der Waals surface area contributed by atoms with Gasteiger partial charge in [-0.1, -0.05) is 45.4 Å². The molecule has 3 heteroatoms. The molecule has 0 N–H and O–H groups in total. The molecular formula is C21H38N2O. The number of rotatable bonds is 2. The van der Waals surface area contributed by atoms with E-state index in [0.29, 0.717) is 0 Å². The summed E-state index contributed by atoms with van der Waals surface area (Å²) in [5, 5.41) is 0. The molecule has 138 valence electrons. The molecule has 0 radical (unpaired) electrons. The lowest BCUT2D eigenvalue weighted by Gasteiger charge is -2.41. The summed E-state index contributed by atoms with van der Waals surface area (Å²) < 4.78 is 5.46. The molecule has 24 heavy (non-hydrogen) atoms. The van der Waals surface area contributed by atoms with E-state index in [-0.39, 0.29) is 0 Å². The monoisotopic (exact) mass is 334 g/mol. The molecule has 1 aromatic carbocycles. The zero-order valence-electron chi connectivity index (χ0n) is 16.8. The molecule has 0 amide bonds. The minimum absolute atomic E-state index is 0.765. The van der Waals surface area contributed by atoms with Crippen LogP contribution in [0.3, 0.4) is 0 Å². The van der Waals surface area contributed by atoms with Crippen LogP contribution >= 0.6 is 0 Å². The van der Waals surface area contributed by atoms with Crippen molar-refractivity contribution >= 4 is 5.69 Å². The third-order valence-electron chi connectivity index (χ3n) is 4.72. The molecule has 3 nitrogen and oxygen atoms in total. The highest BCUT2D eigenvalue weighted by Gasteiger charge is 2.26. The summed E-state index contributed by atoms with van der Waals surface area (Å²) in [6.45, 7) is 18.8. The number of hydrogen-bond acceptors (Lipinski definition) is 3. The van der Waals surface area contributed by atoms with Crippen molar-refractivity contribution in [3.8, 4) is 0 Å². The number of benzene rings is 1. The minimum atomic E-state index is 0.765. The quantitative estimate of drug-likeness (QED) is 0.782. The lowest BCUT2D eigenvalue weighted by atomic mass is 10.0. The van der Waals surface area contributed by atoms with Crippen LogP contribution in [0.5, 0.6) is 0 Å². The summed E-state index contributed by atoms with van der Waals surface area (Å²) in [5.74, 6) is 0. The van der Waals surface area contributed by atoms with Crippen molar-refractivity contribution in [2.75, 3.05) is 44.3 Å². The Morgan fingerprint density at radius 2 is 1.46 bits per heavy atom. The van der Waals surface area contributed by atoms with Crippen LogP contribution in [0.2, 0.25) is 0 Å². The summed E-state index contributed by atoms with van der Waals surface area (Å²) in [4.78, 5) is 5.19. The first-order valence-corrected chi connectivity index (χ1v) is 9.88. The highest BCUT2D eigenvalue weighted by molar-refractivity contribution is 5.54. The molecule has 2 saturated heterocycles. The first-order chi connectivity index (χ1) is 11.7. The van der Waals surface area contributed by atoms with Crippen molar-refractivity contribution in [1.82, 2.24) is 4.90 Å². The largest absolute Gasteiger partial charge is 0.379 e. The first kappa shape index (κ1) is 21.0. The predicted octanol–water partition coefficient (Wildman–Crippen LogP) is 4.66. The Labute approximate surface area is 150 Å². The van der Waals surface area contributed by atoms with E-state index in [9.17, 15) is 0 Å². The zero-order chi connectivity index (χ0) is 17.9. The molecular weight excluding hydrogens is 296 g/mol. The van der Waals surface area contributed by atoms with E-state index in [1.54, 1.807) is 0 Å². The van der Waals surface area contributed by atoms with Gasteiger partial charge in [0.05, 0.1) is 13.2 Å². The van der Waals surface area contributed by atoms with Crippen LogP contribution in [0.15, 0.2) is 18.2 Å². The summed E-state index contributed by atoms with van der Waals surface area (Å²) >= 11 is 0. The maximum absolute atomic E-state index is 5.46. The number of anilines is 1. The molecule has 0 aromatic heterocycles. The smallest absolute Gasteiger partial charge is 0.0594 e. The molecule has 0 unspecified atom stereocenters. The van der Waals surface area contributed by atoms with E-state index in [1.165, 1.54) is 42.7 Å². The second-order valence-electron chi connectivity index (χ2n) is 6.16. The number of piperidine rings is 1. The second-order valence-corrected chi connectivity index (χ2v) is 6.16. The normalized spacial score (nSPS) is 19.0. The Hall–Kier alpha value is -1.06. The number of morpholine rings is 1. The van der Waals surface area contributed by atoms with E-state index < -0.39 is 0 Å². The van der Waals surface area contributed by atoms with E-state index in [0.717, 1.165) is 32.3 Å². The van der Waals surface area contributed by atoms with Crippen molar-refractivity contribution in [2.24, 2.45) is 0 Å². The first-order valence-electron chi connectivity index (χ1n) is 9.88. The molecule has 2 fully saturated rings. The topological polar surface area (TPSA) is 15.7 Å². The van der Waals surface area contributed by atoms with Gasteiger partial charge in [-0.2, -0.15) is 0 Å². The maximum Gasteiger partial charge on any atom is 0.0594 e. The van der Waals surface area contributed by atoms with Crippen molar-refractivity contribution in [1.29, 1.82) is 0 Å². The van der Waals surface area contributed by atoms with Crippen molar-refractivity contribution in [2.45, 2.75) is 60.4 Å². The molecule has 3 rings (SSSR count). The number of ether oxygens (including phenoxy) is 1. The second kappa shape index (κ2) is 11.5. The molecule has 0 saturated carbocycles. The summed E-state index contributed by atoms with van der Waals surface area (Å²) in [5.41, 5.74) is 4.19. The molecule has 1 aromatic rings. The SMILES string of the molecule is CC.CC.Cc1ccc(N2CCC(N3CCOCC3)CC2)c(C)c1. The van der Waals surface area contributed by atoms with Crippen LogP contribution in [0.25, 0.3) is 0 Å². The molecule has 0 aliphatic carbocycles. The Balaban J connectivity index is 0.000000671. The molecule has 2 heterocycles. The van der Waals surface area contributed by atoms with Crippen LogP contribution in [0.4, 0.5) is 5.69 Å². The average molecular weight is 335 g/mol. The van der Waals surface area contributed by atoms with Crippen LogP contribution in [-0.2, 0) is 4.74 Å². The third-order valence-corrected chi connectivity index (χ3v) is 4.72. The lowest BCUT2D eigenvalue weighted by molar-refractivity contribution is 0.0115. The van der Waals surface area contributed by atoms with Gasteiger partial charge in [-0.25, -0.2) is 0 Å². The highest BCUT2D eigenvalue weighted by Crippen LogP contribution is 2.26. The fourth-order valence-corrected chi connectivity index (χ4v) is 3.57. The summed E-state index contributed by atoms with van der Waals surface area (Å²) in [6.07, 6.45) is 2.57. The fraction of sp³-hybridized carbons (Fsp3) is 0.714. The van der Waals surface area contributed by atoms with Gasteiger partial charge in [0, 0.05) is 37.9 Å². The summed E-state index contributed by atoms with van der Waals surface area (Å²) in [6, 6.07) is 7.58. The van der Waals surface area contributed by atoms with Gasteiger partial charge in [0.25, 0.3) is 0 Å². The van der Waals surface area contributed by atoms with Gasteiger partial charge in [0.2, 0.25) is 0 Å². The highest BCUT2D eigenvalue weighted by atomic mass is 16.5. The van der Waals surface area contributed by atoms with Gasteiger partial charge in [0.1, 0.15) is 0 Å². The molecule has 0 bridgehead atoms. The van der Waals surface area contributed by atoms with Crippen LogP contribution in [0.1, 0.15) is 51.7 Å². The minimum Gasteiger partial charge on any atom is -0.379 e. The number of nitrogens with zero attached hydrogens (tertiary/aromatic N) is 2. The number of aryl methyl sites for hydroxylation is 2. The van der Waals surface area contributed by atoms with E-state index >= 15 is 0 Å². The van der Waals surface area contributed by atoms with E-state index in [2.05, 4.69) is 41.8 Å². The fourth-order valence-electron chi connectivity index (χ4n) is 3.57. The van der Waals surface area contributed by atoms with Crippen molar-refractivity contribution in [3.05, 3.63) is 29.3 Å². The van der Waals surface area contributed by atoms with E-state index in [4.69, 9.17) is 4.74 Å². The van der Waals surface area contributed by atoms with Crippen LogP contribution < -0.4 is 4.90 Å². The zero-order valence-corrected chi connectivity index (χ0v) is 16.8. The molecule has 0 atom stereocenters. The summed E-state index contributed by atoms with van der Waals surface area (Å²) in [7, 11) is 0. The van der Waals surface area contributed by atoms with Crippen LogP contribution in [-0.4, -0.2) is 50.3 Å². The molecule has 0 spiro atoms. The van der Waals surface area contributed by atoms with Gasteiger partial charge in [0.15, 0.2) is 0 Å². The van der Waals surface area contributed by atoms with Gasteiger partial charge in [-0.15, -0.1) is 0 Å². The molecule has 2 aliphatic heterocycles. The lowest BCUT2D eigenvalue weighted by Crippen LogP contribution is -2.49. The average Bonchev–Trinajstić information content (AvgIpc) is 2.66. The van der Waals surface area contributed by atoms with Gasteiger partial charge in [-0.05, 0) is 38.3 Å². The Morgan fingerprint density at radius 1 is 0.875 bits per heavy atom. The standard InChI is InChI=1S/C17H26N2O.2C2H6/c1-14-3-4-17(15(2)13-14)19-7-5-16(6-8-19)18-9-11-20-12-10-18;2*1-2/h3-4,13,16H,5-12H2,1-2H3;2*1-2H3. The molecule has 2 aliphatic rings. The predicted molar refractivity (Wildman–Crippen MR) is 106 cm³/mol. The Bertz CT molecular complexity index is 447. The van der Waals surface area contributed by atoms with Crippen molar-refractivity contribution < 1.29 is 4.74 Å². The van der Waals surface area contributed by atoms with Crippen molar-refractivity contribution in [3.63, 3.8) is 0 Å².